The number of hydrogen-bond donors (Lipinski definition) is 0. The van der Waals surface area contributed by atoms with Crippen molar-refractivity contribution in [3.63, 3.8) is 0 Å². The fraction of sp³-hybridized carbons (Fsp3) is 0.308. The summed E-state index contributed by atoms with van der Waals surface area (Å²) < 4.78 is 11.3. The van der Waals surface area contributed by atoms with Crippen molar-refractivity contribution in [2.75, 3.05) is 13.7 Å². The molecule has 0 spiro atoms. The maximum Gasteiger partial charge on any atom is 0.122 e. The van der Waals surface area contributed by atoms with Crippen LogP contribution in [0.2, 0.25) is 5.02 Å². The van der Waals surface area contributed by atoms with E-state index in [9.17, 15) is 0 Å². The van der Waals surface area contributed by atoms with Crippen molar-refractivity contribution < 1.29 is 9.47 Å². The second-order valence-electron chi connectivity index (χ2n) is 7.63. The van der Waals surface area contributed by atoms with Crippen LogP contribution in [0.1, 0.15) is 47.4 Å². The number of unbranched alkanes of at least 4 members (excludes halogenated alkanes) is 1. The first-order valence-corrected chi connectivity index (χ1v) is 10.8. The standard InChI is InChI=1S/C26H27ClO2/c1-28-26-9-5-4-8-24(26)23(20-11-13-22(27)14-12-20)7-3-2-6-19-10-15-25-21(18-19)16-17-29-25/h4-5,8-15,18,23H,2-3,6-7,16-17H2,1H3/t23-/m0/s1. The summed E-state index contributed by atoms with van der Waals surface area (Å²) in [6.45, 7) is 0.820. The van der Waals surface area contributed by atoms with E-state index in [0.29, 0.717) is 5.92 Å². The molecule has 0 amide bonds. The van der Waals surface area contributed by atoms with Crippen LogP contribution in [0.15, 0.2) is 66.7 Å². The number of methoxy groups -OCH3 is 1. The molecular weight excluding hydrogens is 380 g/mol. The van der Waals surface area contributed by atoms with Gasteiger partial charge < -0.3 is 9.47 Å². The van der Waals surface area contributed by atoms with E-state index in [1.165, 1.54) is 28.7 Å². The molecule has 150 valence electrons. The molecule has 0 fully saturated rings. The minimum atomic E-state index is 0.303. The van der Waals surface area contributed by atoms with Gasteiger partial charge in [0.15, 0.2) is 0 Å². The second-order valence-corrected chi connectivity index (χ2v) is 8.07. The molecule has 0 radical (unpaired) electrons. The van der Waals surface area contributed by atoms with Gasteiger partial charge in [-0.05, 0) is 60.2 Å². The summed E-state index contributed by atoms with van der Waals surface area (Å²) in [7, 11) is 1.75. The van der Waals surface area contributed by atoms with Crippen molar-refractivity contribution in [1.82, 2.24) is 0 Å². The van der Waals surface area contributed by atoms with Gasteiger partial charge in [-0.2, -0.15) is 0 Å². The van der Waals surface area contributed by atoms with Crippen LogP contribution >= 0.6 is 11.6 Å². The molecule has 0 N–H and O–H groups in total. The van der Waals surface area contributed by atoms with E-state index in [1.807, 2.05) is 24.3 Å². The molecule has 2 nitrogen and oxygen atoms in total. The smallest absolute Gasteiger partial charge is 0.122 e. The molecule has 3 aromatic rings. The second kappa shape index (κ2) is 9.37. The maximum absolute atomic E-state index is 6.12. The Morgan fingerprint density at radius 3 is 2.66 bits per heavy atom. The molecule has 1 aliphatic rings. The van der Waals surface area contributed by atoms with E-state index < -0.39 is 0 Å². The Morgan fingerprint density at radius 1 is 1.00 bits per heavy atom. The lowest BCUT2D eigenvalue weighted by molar-refractivity contribution is 0.357. The summed E-state index contributed by atoms with van der Waals surface area (Å²) in [6.07, 6.45) is 5.54. The zero-order valence-corrected chi connectivity index (χ0v) is 17.6. The van der Waals surface area contributed by atoms with Crippen LogP contribution in [0.3, 0.4) is 0 Å². The lowest BCUT2D eigenvalue weighted by atomic mass is 9.86. The summed E-state index contributed by atoms with van der Waals surface area (Å²) in [6, 6.07) is 23.2. The van der Waals surface area contributed by atoms with Crippen LogP contribution in [0.4, 0.5) is 0 Å². The van der Waals surface area contributed by atoms with Gasteiger partial charge >= 0.3 is 0 Å². The summed E-state index contributed by atoms with van der Waals surface area (Å²) in [5, 5.41) is 0.771. The monoisotopic (exact) mass is 406 g/mol. The summed E-state index contributed by atoms with van der Waals surface area (Å²) in [5.41, 5.74) is 5.30. The average molecular weight is 407 g/mol. The number of halogens is 1. The van der Waals surface area contributed by atoms with Crippen LogP contribution in [0.5, 0.6) is 11.5 Å². The van der Waals surface area contributed by atoms with Crippen molar-refractivity contribution in [3.8, 4) is 11.5 Å². The average Bonchev–Trinajstić information content (AvgIpc) is 3.23. The van der Waals surface area contributed by atoms with E-state index in [-0.39, 0.29) is 0 Å². The van der Waals surface area contributed by atoms with Gasteiger partial charge in [0.1, 0.15) is 11.5 Å². The highest BCUT2D eigenvalue weighted by atomic mass is 35.5. The number of benzene rings is 3. The number of ether oxygens (including phenoxy) is 2. The van der Waals surface area contributed by atoms with Crippen LogP contribution in [-0.4, -0.2) is 13.7 Å². The topological polar surface area (TPSA) is 18.5 Å². The Hall–Kier alpha value is -2.45. The molecule has 0 saturated heterocycles. The lowest BCUT2D eigenvalue weighted by Crippen LogP contribution is -2.04. The highest BCUT2D eigenvalue weighted by Crippen LogP contribution is 2.36. The normalized spacial score (nSPS) is 13.6. The quantitative estimate of drug-likeness (QED) is 0.382. The van der Waals surface area contributed by atoms with Gasteiger partial charge in [0.05, 0.1) is 13.7 Å². The SMILES string of the molecule is COc1ccccc1[C@@H](CCCCc1ccc2c(c1)CCO2)c1ccc(Cl)cc1. The van der Waals surface area contributed by atoms with Crippen molar-refractivity contribution in [2.24, 2.45) is 0 Å². The molecule has 0 aliphatic carbocycles. The summed E-state index contributed by atoms with van der Waals surface area (Å²) >= 11 is 6.12. The Labute approximate surface area is 178 Å². The maximum atomic E-state index is 6.12. The Balaban J connectivity index is 1.45. The van der Waals surface area contributed by atoms with Gasteiger partial charge in [0.2, 0.25) is 0 Å². The van der Waals surface area contributed by atoms with E-state index in [4.69, 9.17) is 21.1 Å². The van der Waals surface area contributed by atoms with Crippen molar-refractivity contribution in [2.45, 2.75) is 38.0 Å². The summed E-state index contributed by atoms with van der Waals surface area (Å²) in [5.74, 6) is 2.32. The van der Waals surface area contributed by atoms with Gasteiger partial charge in [0.25, 0.3) is 0 Å². The number of aryl methyl sites for hydroxylation is 1. The minimum Gasteiger partial charge on any atom is -0.496 e. The minimum absolute atomic E-state index is 0.303. The molecule has 0 saturated carbocycles. The lowest BCUT2D eigenvalue weighted by Gasteiger charge is -2.21. The van der Waals surface area contributed by atoms with Crippen molar-refractivity contribution in [1.29, 1.82) is 0 Å². The third-order valence-corrected chi connectivity index (χ3v) is 6.00. The third kappa shape index (κ3) is 4.76. The van der Waals surface area contributed by atoms with Crippen LogP contribution < -0.4 is 9.47 Å². The van der Waals surface area contributed by atoms with E-state index >= 15 is 0 Å². The first-order chi connectivity index (χ1) is 14.2. The van der Waals surface area contributed by atoms with E-state index in [2.05, 4.69) is 42.5 Å². The first kappa shape index (κ1) is 19.8. The molecule has 1 heterocycles. The Bertz CT molecular complexity index is 949. The first-order valence-electron chi connectivity index (χ1n) is 10.4. The van der Waals surface area contributed by atoms with Crippen LogP contribution in [0, 0.1) is 0 Å². The molecule has 1 atom stereocenters. The molecule has 4 rings (SSSR count). The molecular formula is C26H27ClO2. The van der Waals surface area contributed by atoms with E-state index in [0.717, 1.165) is 48.8 Å². The summed E-state index contributed by atoms with van der Waals surface area (Å²) in [4.78, 5) is 0. The molecule has 0 aromatic heterocycles. The predicted molar refractivity (Wildman–Crippen MR) is 119 cm³/mol. The van der Waals surface area contributed by atoms with Gasteiger partial charge in [-0.3, -0.25) is 0 Å². The molecule has 29 heavy (non-hydrogen) atoms. The Morgan fingerprint density at radius 2 is 1.83 bits per heavy atom. The molecule has 3 aromatic carbocycles. The number of hydrogen-bond acceptors (Lipinski definition) is 2. The fourth-order valence-corrected chi connectivity index (χ4v) is 4.35. The predicted octanol–water partition coefficient (Wildman–Crippen LogP) is 6.83. The molecule has 0 bridgehead atoms. The zero-order valence-electron chi connectivity index (χ0n) is 16.9. The third-order valence-electron chi connectivity index (χ3n) is 5.75. The van der Waals surface area contributed by atoms with Gasteiger partial charge in [-0.15, -0.1) is 0 Å². The Kier molecular flexibility index (Phi) is 6.41. The number of rotatable bonds is 8. The molecule has 3 heteroatoms. The zero-order chi connectivity index (χ0) is 20.1. The van der Waals surface area contributed by atoms with Crippen molar-refractivity contribution >= 4 is 11.6 Å². The van der Waals surface area contributed by atoms with Gasteiger partial charge in [-0.25, -0.2) is 0 Å². The largest absolute Gasteiger partial charge is 0.496 e. The van der Waals surface area contributed by atoms with Crippen LogP contribution in [-0.2, 0) is 12.8 Å². The van der Waals surface area contributed by atoms with Gasteiger partial charge in [0, 0.05) is 22.9 Å². The van der Waals surface area contributed by atoms with Crippen LogP contribution in [0.25, 0.3) is 0 Å². The van der Waals surface area contributed by atoms with Gasteiger partial charge in [-0.1, -0.05) is 60.5 Å². The fourth-order valence-electron chi connectivity index (χ4n) is 4.22. The molecule has 1 aliphatic heterocycles. The van der Waals surface area contributed by atoms with E-state index in [1.54, 1.807) is 7.11 Å². The highest BCUT2D eigenvalue weighted by molar-refractivity contribution is 6.30. The highest BCUT2D eigenvalue weighted by Gasteiger charge is 2.18. The number of para-hydroxylation sites is 1. The van der Waals surface area contributed by atoms with Crippen molar-refractivity contribution in [3.05, 3.63) is 94.0 Å². The molecule has 0 unspecified atom stereocenters. The number of fused-ring (bicyclic) bond motifs is 1.